The van der Waals surface area contributed by atoms with Crippen molar-refractivity contribution in [3.63, 3.8) is 0 Å². The maximum absolute atomic E-state index is 10.5. The standard InChI is InChI=1S/C45H30N4/c1-3-4-17-41-30(2)36-14-5-8-18-42(36)48(41)35-13-11-12-32(27-35)37-24-22-33(26-34(37)29-47)38-15-6-9-19-43(38)49-44-20-10-7-16-39(44)40-23-21-31(28-46)25-45(40)49/h1,4-27,38,43H,2H3/b17-4-/t38-,43?/m0/s1. The van der Waals surface area contributed by atoms with E-state index >= 15 is 0 Å². The van der Waals surface area contributed by atoms with Crippen molar-refractivity contribution in [3.8, 4) is 41.3 Å². The first-order valence-electron chi connectivity index (χ1n) is 16.3. The van der Waals surface area contributed by atoms with E-state index in [1.807, 2.05) is 42.5 Å². The Morgan fingerprint density at radius 1 is 0.714 bits per heavy atom. The van der Waals surface area contributed by atoms with Gasteiger partial charge in [0.2, 0.25) is 0 Å². The van der Waals surface area contributed by atoms with Gasteiger partial charge in [-0.3, -0.25) is 0 Å². The maximum Gasteiger partial charge on any atom is 0.0998 e. The molecule has 8 rings (SSSR count). The van der Waals surface area contributed by atoms with Crippen LogP contribution in [-0.2, 0) is 0 Å². The molecule has 0 radical (unpaired) electrons. The Morgan fingerprint density at radius 3 is 2.31 bits per heavy atom. The van der Waals surface area contributed by atoms with Gasteiger partial charge in [0.25, 0.3) is 0 Å². The lowest BCUT2D eigenvalue weighted by Crippen LogP contribution is -2.16. The van der Waals surface area contributed by atoms with E-state index in [4.69, 9.17) is 6.42 Å². The number of hydrogen-bond acceptors (Lipinski definition) is 2. The lowest BCUT2D eigenvalue weighted by Gasteiger charge is -2.28. The normalized spacial score (nSPS) is 15.6. The molecule has 2 aromatic heterocycles. The number of nitrogens with zero attached hydrogens (tertiary/aromatic N) is 4. The fraction of sp³-hybridized carbons (Fsp3) is 0.0667. The van der Waals surface area contributed by atoms with Crippen LogP contribution in [0.15, 0.2) is 140 Å². The van der Waals surface area contributed by atoms with E-state index in [1.165, 1.54) is 5.39 Å². The Balaban J connectivity index is 1.23. The summed E-state index contributed by atoms with van der Waals surface area (Å²) in [4.78, 5) is 0. The molecule has 1 unspecified atom stereocenters. The molecule has 0 fully saturated rings. The fourth-order valence-electron chi connectivity index (χ4n) is 7.49. The van der Waals surface area contributed by atoms with Crippen molar-refractivity contribution in [3.05, 3.63) is 168 Å². The van der Waals surface area contributed by atoms with Crippen LogP contribution in [0.4, 0.5) is 0 Å². The predicted octanol–water partition coefficient (Wildman–Crippen LogP) is 10.6. The number of fused-ring (bicyclic) bond motifs is 4. The lowest BCUT2D eigenvalue weighted by molar-refractivity contribution is 0.576. The van der Waals surface area contributed by atoms with E-state index in [0.717, 1.165) is 61.0 Å². The lowest BCUT2D eigenvalue weighted by atomic mass is 9.85. The first-order chi connectivity index (χ1) is 24.1. The van der Waals surface area contributed by atoms with Crippen molar-refractivity contribution in [2.45, 2.75) is 18.9 Å². The number of terminal acetylenes is 1. The van der Waals surface area contributed by atoms with E-state index < -0.39 is 0 Å². The summed E-state index contributed by atoms with van der Waals surface area (Å²) in [6.45, 7) is 2.12. The van der Waals surface area contributed by atoms with E-state index in [-0.39, 0.29) is 12.0 Å². The van der Waals surface area contributed by atoms with Gasteiger partial charge >= 0.3 is 0 Å². The van der Waals surface area contributed by atoms with E-state index in [2.05, 4.69) is 131 Å². The molecule has 0 saturated carbocycles. The van der Waals surface area contributed by atoms with Gasteiger partial charge in [0.05, 0.1) is 46.0 Å². The zero-order valence-electron chi connectivity index (χ0n) is 26.9. The van der Waals surface area contributed by atoms with Gasteiger partial charge < -0.3 is 9.13 Å². The fourth-order valence-corrected chi connectivity index (χ4v) is 7.49. The molecule has 0 saturated heterocycles. The van der Waals surface area contributed by atoms with Crippen LogP contribution in [-0.4, -0.2) is 9.13 Å². The molecule has 5 aromatic carbocycles. The SMILES string of the molecule is C#C/C=C\c1c(C)c2ccccc2n1-c1cccc(-c2ccc([C@@H]3C=CC=CC3n3c4ccccc4c4ccc(C#N)cc43)cc2C#N)c1. The molecule has 0 amide bonds. The second-order valence-electron chi connectivity index (χ2n) is 12.3. The number of nitriles is 2. The molecule has 230 valence electrons. The summed E-state index contributed by atoms with van der Waals surface area (Å²) in [5.74, 6) is 2.61. The van der Waals surface area contributed by atoms with E-state index in [9.17, 15) is 10.5 Å². The summed E-state index contributed by atoms with van der Waals surface area (Å²) in [5.41, 5.74) is 10.6. The molecular weight excluding hydrogens is 597 g/mol. The Morgan fingerprint density at radius 2 is 1.49 bits per heavy atom. The first-order valence-corrected chi connectivity index (χ1v) is 16.3. The number of aromatic nitrogens is 2. The minimum absolute atomic E-state index is 0.0260. The minimum Gasteiger partial charge on any atom is -0.332 e. The zero-order valence-corrected chi connectivity index (χ0v) is 26.9. The summed E-state index contributed by atoms with van der Waals surface area (Å²) in [6, 6.07) is 42.0. The molecule has 1 aliphatic rings. The molecule has 0 aliphatic heterocycles. The highest BCUT2D eigenvalue weighted by Gasteiger charge is 2.27. The monoisotopic (exact) mass is 626 g/mol. The van der Waals surface area contributed by atoms with Gasteiger partial charge in [-0.05, 0) is 83.8 Å². The van der Waals surface area contributed by atoms with Gasteiger partial charge in [0.1, 0.15) is 0 Å². The van der Waals surface area contributed by atoms with Crippen LogP contribution >= 0.6 is 0 Å². The molecule has 4 heteroatoms. The highest BCUT2D eigenvalue weighted by molar-refractivity contribution is 6.08. The van der Waals surface area contributed by atoms with Crippen LogP contribution < -0.4 is 0 Å². The molecule has 7 aromatic rings. The van der Waals surface area contributed by atoms with E-state index in [1.54, 1.807) is 6.08 Å². The Kier molecular flexibility index (Phi) is 7.30. The molecule has 4 nitrogen and oxygen atoms in total. The smallest absolute Gasteiger partial charge is 0.0998 e. The highest BCUT2D eigenvalue weighted by Crippen LogP contribution is 2.42. The Labute approximate surface area is 285 Å². The summed E-state index contributed by atoms with van der Waals surface area (Å²) in [5, 5.41) is 23.7. The largest absolute Gasteiger partial charge is 0.332 e. The van der Waals surface area contributed by atoms with Crippen molar-refractivity contribution >= 4 is 38.8 Å². The maximum atomic E-state index is 10.5. The van der Waals surface area contributed by atoms with Crippen LogP contribution in [0, 0.1) is 41.9 Å². The second kappa shape index (κ2) is 12.1. The first kappa shape index (κ1) is 29.6. The van der Waals surface area contributed by atoms with Crippen molar-refractivity contribution < 1.29 is 0 Å². The summed E-state index contributed by atoms with van der Waals surface area (Å²) in [7, 11) is 0. The van der Waals surface area contributed by atoms with Crippen LogP contribution in [0.3, 0.4) is 0 Å². The van der Waals surface area contributed by atoms with Gasteiger partial charge in [-0.1, -0.05) is 97.0 Å². The quantitative estimate of drug-likeness (QED) is 0.179. The molecule has 0 N–H and O–H groups in total. The molecule has 1 aliphatic carbocycles. The van der Waals surface area contributed by atoms with Gasteiger partial charge in [-0.15, -0.1) is 6.42 Å². The summed E-state index contributed by atoms with van der Waals surface area (Å²) in [6.07, 6.45) is 17.9. The number of para-hydroxylation sites is 2. The molecule has 49 heavy (non-hydrogen) atoms. The van der Waals surface area contributed by atoms with Gasteiger partial charge in [-0.25, -0.2) is 0 Å². The minimum atomic E-state index is -0.0539. The number of benzene rings is 5. The number of rotatable bonds is 5. The third-order valence-electron chi connectivity index (χ3n) is 9.72. The highest BCUT2D eigenvalue weighted by atomic mass is 15.0. The number of allylic oxidation sites excluding steroid dienone is 5. The van der Waals surface area contributed by atoms with Gasteiger partial charge in [-0.2, -0.15) is 10.5 Å². The van der Waals surface area contributed by atoms with E-state index in [0.29, 0.717) is 11.1 Å². The molecular formula is C45H30N4. The van der Waals surface area contributed by atoms with Crippen molar-refractivity contribution in [1.82, 2.24) is 9.13 Å². The van der Waals surface area contributed by atoms with Crippen molar-refractivity contribution in [1.29, 1.82) is 10.5 Å². The summed E-state index contributed by atoms with van der Waals surface area (Å²) >= 11 is 0. The van der Waals surface area contributed by atoms with Gasteiger partial charge in [0, 0.05) is 33.3 Å². The van der Waals surface area contributed by atoms with Crippen LogP contribution in [0.5, 0.6) is 0 Å². The van der Waals surface area contributed by atoms with Crippen LogP contribution in [0.2, 0.25) is 0 Å². The average molecular weight is 627 g/mol. The van der Waals surface area contributed by atoms with Crippen molar-refractivity contribution in [2.24, 2.45) is 0 Å². The molecule has 0 spiro atoms. The summed E-state index contributed by atoms with van der Waals surface area (Å²) < 4.78 is 4.57. The van der Waals surface area contributed by atoms with Crippen LogP contribution in [0.25, 0.3) is 55.6 Å². The second-order valence-corrected chi connectivity index (χ2v) is 12.3. The van der Waals surface area contributed by atoms with Crippen LogP contribution in [0.1, 0.15) is 39.9 Å². The Hall–Kier alpha value is -6.80. The van der Waals surface area contributed by atoms with Crippen molar-refractivity contribution in [2.75, 3.05) is 0 Å². The third kappa shape index (κ3) is 4.85. The third-order valence-corrected chi connectivity index (χ3v) is 9.72. The molecule has 0 bridgehead atoms. The number of aryl methyl sites for hydroxylation is 1. The predicted molar refractivity (Wildman–Crippen MR) is 200 cm³/mol. The Bertz CT molecular complexity index is 2670. The number of hydrogen-bond donors (Lipinski definition) is 0. The average Bonchev–Trinajstić information content (AvgIpc) is 3.64. The topological polar surface area (TPSA) is 57.4 Å². The molecule has 2 atom stereocenters. The van der Waals surface area contributed by atoms with Gasteiger partial charge in [0.15, 0.2) is 0 Å². The zero-order chi connectivity index (χ0) is 33.5. The molecule has 2 heterocycles.